The van der Waals surface area contributed by atoms with Crippen molar-refractivity contribution in [3.63, 3.8) is 0 Å². The van der Waals surface area contributed by atoms with E-state index in [2.05, 4.69) is 64.2 Å². The summed E-state index contributed by atoms with van der Waals surface area (Å²) in [5.74, 6) is 0. The fraction of sp³-hybridized carbons (Fsp3) is 0.684. The first-order valence-electron chi connectivity index (χ1n) is 8.46. The molecule has 1 aromatic rings. The van der Waals surface area contributed by atoms with Gasteiger partial charge in [-0.15, -0.1) is 0 Å². The number of rotatable bonds is 4. The van der Waals surface area contributed by atoms with Gasteiger partial charge in [-0.3, -0.25) is 0 Å². The third-order valence-corrected chi connectivity index (χ3v) is 10.2. The summed E-state index contributed by atoms with van der Waals surface area (Å²) in [7, 11) is -1.67. The van der Waals surface area contributed by atoms with Crippen molar-refractivity contribution in [3.8, 4) is 0 Å². The highest BCUT2D eigenvalue weighted by atomic mass is 28.4. The Balaban J connectivity index is 2.19. The first kappa shape index (κ1) is 16.8. The molecule has 0 aromatic heterocycles. The van der Waals surface area contributed by atoms with Crippen LogP contribution in [-0.2, 0) is 9.84 Å². The molecular weight excluding hydrogens is 272 g/mol. The lowest BCUT2D eigenvalue weighted by Crippen LogP contribution is -2.45. The van der Waals surface area contributed by atoms with E-state index in [1.54, 1.807) is 0 Å². The van der Waals surface area contributed by atoms with Crippen LogP contribution in [-0.4, -0.2) is 14.9 Å². The summed E-state index contributed by atoms with van der Waals surface area (Å²) < 4.78 is 6.63. The molecule has 2 rings (SSSR count). The molecule has 0 aliphatic heterocycles. The highest BCUT2D eigenvalue weighted by Crippen LogP contribution is 2.43. The molecule has 1 nitrogen and oxygen atoms in total. The molecule has 1 fully saturated rings. The van der Waals surface area contributed by atoms with Gasteiger partial charge in [0.1, 0.15) is 0 Å². The molecule has 1 aromatic carbocycles. The van der Waals surface area contributed by atoms with E-state index >= 15 is 0 Å². The van der Waals surface area contributed by atoms with E-state index < -0.39 is 8.32 Å². The van der Waals surface area contributed by atoms with Gasteiger partial charge in [0, 0.05) is 12.0 Å². The minimum absolute atomic E-state index is 0.259. The molecule has 118 valence electrons. The molecule has 0 N–H and O–H groups in total. The van der Waals surface area contributed by atoms with E-state index in [0.717, 1.165) is 6.61 Å². The van der Waals surface area contributed by atoms with Gasteiger partial charge in [0.05, 0.1) is 0 Å². The van der Waals surface area contributed by atoms with Crippen molar-refractivity contribution in [2.75, 3.05) is 6.61 Å². The maximum atomic E-state index is 6.63. The SMILES string of the molecule is CC(C)(C)[Si](C)(C)OCC1(c2ccccc2)CCCCC1. The van der Waals surface area contributed by atoms with Gasteiger partial charge in [0.2, 0.25) is 0 Å². The third-order valence-electron chi connectivity index (χ3n) is 5.71. The summed E-state index contributed by atoms with van der Waals surface area (Å²) in [6.45, 7) is 12.6. The van der Waals surface area contributed by atoms with E-state index in [9.17, 15) is 0 Å². The third kappa shape index (κ3) is 3.78. The Hall–Kier alpha value is -0.603. The minimum atomic E-state index is -1.67. The van der Waals surface area contributed by atoms with Crippen LogP contribution in [0.15, 0.2) is 30.3 Å². The summed E-state index contributed by atoms with van der Waals surface area (Å²) in [6.07, 6.45) is 6.64. The number of hydrogen-bond acceptors (Lipinski definition) is 1. The molecule has 0 heterocycles. The van der Waals surface area contributed by atoms with Gasteiger partial charge >= 0.3 is 0 Å². The van der Waals surface area contributed by atoms with Gasteiger partial charge in [-0.1, -0.05) is 70.4 Å². The molecule has 0 unspecified atom stereocenters. The quantitative estimate of drug-likeness (QED) is 0.628. The van der Waals surface area contributed by atoms with Gasteiger partial charge in [-0.2, -0.15) is 0 Å². The fourth-order valence-electron chi connectivity index (χ4n) is 3.07. The van der Waals surface area contributed by atoms with E-state index in [1.807, 2.05) is 0 Å². The first-order valence-corrected chi connectivity index (χ1v) is 11.4. The Kier molecular flexibility index (Phi) is 4.99. The number of benzene rings is 1. The predicted octanol–water partition coefficient (Wildman–Crippen LogP) is 5.91. The van der Waals surface area contributed by atoms with Gasteiger partial charge in [-0.05, 0) is 36.5 Å². The van der Waals surface area contributed by atoms with Gasteiger partial charge in [-0.25, -0.2) is 0 Å². The van der Waals surface area contributed by atoms with Crippen LogP contribution >= 0.6 is 0 Å². The lowest BCUT2D eigenvalue weighted by atomic mass is 9.70. The predicted molar refractivity (Wildman–Crippen MR) is 94.4 cm³/mol. The Morgan fingerprint density at radius 2 is 1.57 bits per heavy atom. The lowest BCUT2D eigenvalue weighted by molar-refractivity contribution is 0.156. The van der Waals surface area contributed by atoms with Crippen LogP contribution in [0.4, 0.5) is 0 Å². The summed E-state index contributed by atoms with van der Waals surface area (Å²) in [6, 6.07) is 11.1. The second kappa shape index (κ2) is 6.25. The van der Waals surface area contributed by atoms with E-state index in [0.29, 0.717) is 5.04 Å². The summed E-state index contributed by atoms with van der Waals surface area (Å²) >= 11 is 0. The summed E-state index contributed by atoms with van der Waals surface area (Å²) in [5.41, 5.74) is 1.75. The molecule has 1 aliphatic rings. The van der Waals surface area contributed by atoms with E-state index in [-0.39, 0.29) is 5.41 Å². The highest BCUT2D eigenvalue weighted by Gasteiger charge is 2.41. The van der Waals surface area contributed by atoms with Crippen molar-refractivity contribution < 1.29 is 4.43 Å². The topological polar surface area (TPSA) is 9.23 Å². The average molecular weight is 305 g/mol. The molecule has 0 spiro atoms. The zero-order valence-corrected chi connectivity index (χ0v) is 15.5. The smallest absolute Gasteiger partial charge is 0.192 e. The van der Waals surface area contributed by atoms with Crippen LogP contribution in [0.5, 0.6) is 0 Å². The fourth-order valence-corrected chi connectivity index (χ4v) is 4.14. The zero-order chi connectivity index (χ0) is 15.6. The molecule has 0 amide bonds. The Bertz CT molecular complexity index is 438. The van der Waals surface area contributed by atoms with Crippen molar-refractivity contribution in [1.29, 1.82) is 0 Å². The van der Waals surface area contributed by atoms with E-state index in [4.69, 9.17) is 4.43 Å². The van der Waals surface area contributed by atoms with Crippen LogP contribution in [0, 0.1) is 0 Å². The molecule has 1 saturated carbocycles. The molecule has 21 heavy (non-hydrogen) atoms. The second-order valence-corrected chi connectivity index (χ2v) is 13.1. The Morgan fingerprint density at radius 3 is 2.10 bits per heavy atom. The zero-order valence-electron chi connectivity index (χ0n) is 14.5. The molecule has 0 saturated heterocycles. The lowest BCUT2D eigenvalue weighted by Gasteiger charge is -2.43. The highest BCUT2D eigenvalue weighted by molar-refractivity contribution is 6.74. The van der Waals surface area contributed by atoms with Crippen LogP contribution < -0.4 is 0 Å². The van der Waals surface area contributed by atoms with Crippen LogP contribution in [0.1, 0.15) is 58.4 Å². The van der Waals surface area contributed by atoms with Crippen molar-refractivity contribution in [2.24, 2.45) is 0 Å². The maximum Gasteiger partial charge on any atom is 0.192 e. The summed E-state index contributed by atoms with van der Waals surface area (Å²) in [4.78, 5) is 0. The van der Waals surface area contributed by atoms with Gasteiger partial charge in [0.25, 0.3) is 0 Å². The largest absolute Gasteiger partial charge is 0.416 e. The van der Waals surface area contributed by atoms with Crippen LogP contribution in [0.3, 0.4) is 0 Å². The average Bonchev–Trinajstić information content (AvgIpc) is 2.46. The van der Waals surface area contributed by atoms with Gasteiger partial charge in [0.15, 0.2) is 8.32 Å². The van der Waals surface area contributed by atoms with Gasteiger partial charge < -0.3 is 4.43 Å². The Morgan fingerprint density at radius 1 is 1.00 bits per heavy atom. The van der Waals surface area contributed by atoms with Crippen molar-refractivity contribution in [1.82, 2.24) is 0 Å². The molecule has 2 heteroatoms. The standard InChI is InChI=1S/C19H32OSi/c1-18(2,3)21(4,5)20-16-19(14-10-7-11-15-19)17-12-8-6-9-13-17/h6,8-9,12-13H,7,10-11,14-16H2,1-5H3. The van der Waals surface area contributed by atoms with Crippen molar-refractivity contribution >= 4 is 8.32 Å². The molecule has 0 atom stereocenters. The molecule has 1 aliphatic carbocycles. The van der Waals surface area contributed by atoms with Crippen molar-refractivity contribution in [2.45, 2.75) is 76.4 Å². The number of hydrogen-bond donors (Lipinski definition) is 0. The Labute approximate surface area is 132 Å². The molecular formula is C19H32OSi. The molecule has 0 radical (unpaired) electrons. The molecule has 0 bridgehead atoms. The summed E-state index contributed by atoms with van der Waals surface area (Å²) in [5, 5.41) is 0.291. The normalized spacial score (nSPS) is 19.5. The maximum absolute atomic E-state index is 6.63. The monoisotopic (exact) mass is 304 g/mol. The first-order chi connectivity index (χ1) is 9.77. The van der Waals surface area contributed by atoms with Crippen molar-refractivity contribution in [3.05, 3.63) is 35.9 Å². The minimum Gasteiger partial charge on any atom is -0.416 e. The van der Waals surface area contributed by atoms with Crippen LogP contribution in [0.25, 0.3) is 0 Å². The van der Waals surface area contributed by atoms with Crippen LogP contribution in [0.2, 0.25) is 18.1 Å². The van der Waals surface area contributed by atoms with E-state index in [1.165, 1.54) is 37.7 Å². The second-order valence-electron chi connectivity index (χ2n) is 8.26.